The first-order chi connectivity index (χ1) is 18.8. The summed E-state index contributed by atoms with van der Waals surface area (Å²) in [7, 11) is 0. The topological polar surface area (TPSA) is 135 Å². The Balaban J connectivity index is 1.23. The Morgan fingerprint density at radius 3 is 2.62 bits per heavy atom. The fourth-order valence-corrected chi connectivity index (χ4v) is 4.88. The van der Waals surface area contributed by atoms with E-state index in [4.69, 9.17) is 23.1 Å². The SMILES string of the molecule is N/C(=N\C(=O)c1nc(Cl)c(NCc2ccc(I)cc2)nc1N)NCC1CCN(CCc2cccc(F)c2)CC1. The summed E-state index contributed by atoms with van der Waals surface area (Å²) in [5.74, 6) is -0.333. The molecule has 1 aliphatic rings. The number of hydrogen-bond donors (Lipinski definition) is 4. The number of likely N-dealkylation sites (tertiary alicyclic amines) is 1. The van der Waals surface area contributed by atoms with Crippen molar-refractivity contribution in [3.63, 3.8) is 0 Å². The molecule has 1 amide bonds. The fraction of sp³-hybridized carbons (Fsp3) is 0.333. The number of nitrogens with one attached hydrogen (secondary N) is 2. The monoisotopic (exact) mass is 664 g/mol. The minimum Gasteiger partial charge on any atom is -0.382 e. The minimum atomic E-state index is -0.719. The van der Waals surface area contributed by atoms with Gasteiger partial charge in [0, 0.05) is 23.2 Å². The molecule has 0 radical (unpaired) electrons. The number of benzene rings is 2. The van der Waals surface area contributed by atoms with E-state index in [0.29, 0.717) is 19.0 Å². The molecule has 1 aliphatic heterocycles. The molecule has 1 saturated heterocycles. The van der Waals surface area contributed by atoms with E-state index < -0.39 is 5.91 Å². The summed E-state index contributed by atoms with van der Waals surface area (Å²) >= 11 is 8.49. The first-order valence-corrected chi connectivity index (χ1v) is 14.1. The van der Waals surface area contributed by atoms with Gasteiger partial charge in [-0.1, -0.05) is 35.9 Å². The number of aromatic nitrogens is 2. The number of nitrogens with zero attached hydrogens (tertiary/aromatic N) is 4. The van der Waals surface area contributed by atoms with Crippen molar-refractivity contribution in [1.82, 2.24) is 20.2 Å². The first kappa shape index (κ1) is 29.0. The molecule has 1 aromatic heterocycles. The predicted molar refractivity (Wildman–Crippen MR) is 161 cm³/mol. The third kappa shape index (κ3) is 8.73. The number of nitrogens with two attached hydrogens (primary N) is 2. The number of rotatable bonds is 9. The summed E-state index contributed by atoms with van der Waals surface area (Å²) in [5, 5.41) is 6.13. The number of aliphatic imine (C=N–C) groups is 1. The molecule has 39 heavy (non-hydrogen) atoms. The van der Waals surface area contributed by atoms with E-state index in [1.54, 1.807) is 12.1 Å². The van der Waals surface area contributed by atoms with Crippen LogP contribution in [0.4, 0.5) is 16.0 Å². The lowest BCUT2D eigenvalue weighted by Crippen LogP contribution is -2.41. The van der Waals surface area contributed by atoms with E-state index in [1.165, 1.54) is 6.07 Å². The molecule has 206 valence electrons. The van der Waals surface area contributed by atoms with Gasteiger partial charge in [0.15, 0.2) is 28.4 Å². The molecule has 1 fully saturated rings. The van der Waals surface area contributed by atoms with E-state index >= 15 is 0 Å². The van der Waals surface area contributed by atoms with Crippen LogP contribution < -0.4 is 22.1 Å². The van der Waals surface area contributed by atoms with E-state index in [9.17, 15) is 9.18 Å². The van der Waals surface area contributed by atoms with Gasteiger partial charge in [-0.15, -0.1) is 0 Å². The average Bonchev–Trinajstić information content (AvgIpc) is 2.92. The molecule has 0 atom stereocenters. The third-order valence-electron chi connectivity index (χ3n) is 6.56. The van der Waals surface area contributed by atoms with Crippen LogP contribution in [0.1, 0.15) is 34.5 Å². The van der Waals surface area contributed by atoms with Crippen molar-refractivity contribution in [1.29, 1.82) is 0 Å². The Labute approximate surface area is 245 Å². The maximum atomic E-state index is 13.4. The van der Waals surface area contributed by atoms with Crippen LogP contribution in [0.15, 0.2) is 53.5 Å². The highest BCUT2D eigenvalue weighted by Gasteiger charge is 2.20. The summed E-state index contributed by atoms with van der Waals surface area (Å²) in [6, 6.07) is 14.7. The summed E-state index contributed by atoms with van der Waals surface area (Å²) in [6.45, 7) is 3.87. The number of nitrogen functional groups attached to an aromatic ring is 1. The number of carbonyl (C=O) groups is 1. The second-order valence-electron chi connectivity index (χ2n) is 9.42. The Morgan fingerprint density at radius 1 is 1.15 bits per heavy atom. The van der Waals surface area contributed by atoms with Crippen LogP contribution in [0, 0.1) is 15.3 Å². The maximum Gasteiger partial charge on any atom is 0.302 e. The van der Waals surface area contributed by atoms with E-state index in [-0.39, 0.29) is 34.3 Å². The van der Waals surface area contributed by atoms with E-state index in [1.807, 2.05) is 30.3 Å². The van der Waals surface area contributed by atoms with Crippen LogP contribution in [-0.4, -0.2) is 52.9 Å². The Kier molecular flexibility index (Phi) is 10.3. The molecule has 3 aromatic rings. The summed E-state index contributed by atoms with van der Waals surface area (Å²) < 4.78 is 14.5. The molecule has 9 nitrogen and oxygen atoms in total. The molecule has 0 spiro atoms. The second-order valence-corrected chi connectivity index (χ2v) is 11.0. The van der Waals surface area contributed by atoms with Crippen LogP contribution in [0.3, 0.4) is 0 Å². The normalized spacial score (nSPS) is 14.8. The van der Waals surface area contributed by atoms with Gasteiger partial charge in [-0.05, 0) is 96.3 Å². The van der Waals surface area contributed by atoms with Crippen LogP contribution in [-0.2, 0) is 13.0 Å². The van der Waals surface area contributed by atoms with Crippen molar-refractivity contribution in [2.24, 2.45) is 16.6 Å². The number of piperidine rings is 1. The van der Waals surface area contributed by atoms with Crippen molar-refractivity contribution >= 4 is 57.7 Å². The number of hydrogen-bond acceptors (Lipinski definition) is 6. The molecule has 0 bridgehead atoms. The molecule has 4 rings (SSSR count). The highest BCUT2D eigenvalue weighted by Crippen LogP contribution is 2.22. The molecule has 12 heteroatoms. The molecular weight excluding hydrogens is 634 g/mol. The minimum absolute atomic E-state index is 0.00762. The van der Waals surface area contributed by atoms with Gasteiger partial charge in [0.1, 0.15) is 5.82 Å². The summed E-state index contributed by atoms with van der Waals surface area (Å²) in [5.41, 5.74) is 13.8. The summed E-state index contributed by atoms with van der Waals surface area (Å²) in [4.78, 5) is 27.2. The Bertz CT molecular complexity index is 1320. The lowest BCUT2D eigenvalue weighted by atomic mass is 9.96. The maximum absolute atomic E-state index is 13.4. The van der Waals surface area contributed by atoms with Gasteiger partial charge in [0.05, 0.1) is 0 Å². The lowest BCUT2D eigenvalue weighted by molar-refractivity contribution is 0.0998. The summed E-state index contributed by atoms with van der Waals surface area (Å²) in [6.07, 6.45) is 2.80. The fourth-order valence-electron chi connectivity index (χ4n) is 4.33. The molecule has 0 aliphatic carbocycles. The largest absolute Gasteiger partial charge is 0.382 e. The van der Waals surface area contributed by atoms with Crippen LogP contribution in [0.5, 0.6) is 0 Å². The smallest absolute Gasteiger partial charge is 0.302 e. The number of guanidine groups is 1. The third-order valence-corrected chi connectivity index (χ3v) is 7.55. The van der Waals surface area contributed by atoms with Gasteiger partial charge in [0.2, 0.25) is 0 Å². The molecule has 0 unspecified atom stereocenters. The number of anilines is 2. The number of carbonyl (C=O) groups excluding carboxylic acids is 1. The van der Waals surface area contributed by atoms with Crippen LogP contribution >= 0.6 is 34.2 Å². The molecule has 2 aromatic carbocycles. The lowest BCUT2D eigenvalue weighted by Gasteiger charge is -2.32. The molecule has 6 N–H and O–H groups in total. The zero-order valence-corrected chi connectivity index (χ0v) is 24.3. The van der Waals surface area contributed by atoms with Crippen LogP contribution in [0.25, 0.3) is 0 Å². The van der Waals surface area contributed by atoms with Crippen molar-refractivity contribution in [2.75, 3.05) is 37.2 Å². The van der Waals surface area contributed by atoms with Gasteiger partial charge in [0.25, 0.3) is 0 Å². The van der Waals surface area contributed by atoms with Gasteiger partial charge < -0.3 is 27.0 Å². The number of amides is 1. The van der Waals surface area contributed by atoms with Crippen molar-refractivity contribution < 1.29 is 9.18 Å². The van der Waals surface area contributed by atoms with Crippen molar-refractivity contribution in [3.05, 3.63) is 79.9 Å². The first-order valence-electron chi connectivity index (χ1n) is 12.7. The molecule has 2 heterocycles. The van der Waals surface area contributed by atoms with Crippen molar-refractivity contribution in [3.8, 4) is 0 Å². The zero-order chi connectivity index (χ0) is 27.8. The quantitative estimate of drug-likeness (QED) is 0.153. The Hall–Kier alpha value is -3.03. The molecular formula is C27H31ClFIN8O. The second kappa shape index (κ2) is 13.9. The number of halogens is 3. The predicted octanol–water partition coefficient (Wildman–Crippen LogP) is 4.07. The van der Waals surface area contributed by atoms with E-state index in [0.717, 1.165) is 53.6 Å². The highest BCUT2D eigenvalue weighted by molar-refractivity contribution is 14.1. The van der Waals surface area contributed by atoms with Crippen molar-refractivity contribution in [2.45, 2.75) is 25.8 Å². The van der Waals surface area contributed by atoms with Crippen LogP contribution in [0.2, 0.25) is 5.15 Å². The average molecular weight is 665 g/mol. The van der Waals surface area contributed by atoms with Gasteiger partial charge >= 0.3 is 5.91 Å². The van der Waals surface area contributed by atoms with Gasteiger partial charge in [-0.3, -0.25) is 4.79 Å². The standard InChI is InChI=1S/C27H31ClFIN8O/c28-23-25(33-15-18-4-6-21(30)7-5-18)36-24(31)22(35-23)26(39)37-27(32)34-16-19-9-12-38(13-10-19)11-8-17-2-1-3-20(29)14-17/h1-7,14,19H,8-13,15-16H2,(H3,31,33,36)(H3,32,34,37,39). The Morgan fingerprint density at radius 2 is 1.90 bits per heavy atom. The molecule has 0 saturated carbocycles. The van der Waals surface area contributed by atoms with Gasteiger partial charge in [-0.25, -0.2) is 14.4 Å². The van der Waals surface area contributed by atoms with Gasteiger partial charge in [-0.2, -0.15) is 4.99 Å². The van der Waals surface area contributed by atoms with E-state index in [2.05, 4.69) is 53.1 Å². The zero-order valence-electron chi connectivity index (χ0n) is 21.3. The highest BCUT2D eigenvalue weighted by atomic mass is 127.